The van der Waals surface area contributed by atoms with E-state index in [9.17, 15) is 27.6 Å². The maximum Gasteiger partial charge on any atom is 0.416 e. The predicted octanol–water partition coefficient (Wildman–Crippen LogP) is 7.88. The molecule has 4 aromatic heterocycles. The number of likely N-dealkylation sites (N-methyl/N-ethyl adjacent to an activating group) is 2. The predicted molar refractivity (Wildman–Crippen MR) is 306 cm³/mol. The van der Waals surface area contributed by atoms with Crippen molar-refractivity contribution >= 4 is 57.8 Å². The van der Waals surface area contributed by atoms with Gasteiger partial charge in [-0.25, -0.2) is 9.97 Å². The van der Waals surface area contributed by atoms with Crippen LogP contribution in [0.2, 0.25) is 0 Å². The van der Waals surface area contributed by atoms with Crippen molar-refractivity contribution in [1.82, 2.24) is 50.2 Å². The van der Waals surface area contributed by atoms with Gasteiger partial charge >= 0.3 is 6.18 Å². The molecule has 5 aliphatic rings. The van der Waals surface area contributed by atoms with Crippen molar-refractivity contribution in [1.29, 1.82) is 0 Å². The minimum Gasteiger partial charge on any atom is -0.368 e. The van der Waals surface area contributed by atoms with Crippen LogP contribution >= 0.6 is 0 Å². The van der Waals surface area contributed by atoms with Gasteiger partial charge < -0.3 is 41.3 Å². The maximum absolute atomic E-state index is 14.8. The first-order valence-electron chi connectivity index (χ1n) is 27.2. The molecule has 0 aliphatic carbocycles. The number of alkyl halides is 3. The van der Waals surface area contributed by atoms with Crippen molar-refractivity contribution in [3.05, 3.63) is 161 Å². The molecule has 1 atom stereocenters. The summed E-state index contributed by atoms with van der Waals surface area (Å²) in [5, 5.41) is 15.2. The Bertz CT molecular complexity index is 3500. The number of carbonyl (C=O) groups excluding carboxylic acids is 3. The second-order valence-electron chi connectivity index (χ2n) is 21.6. The van der Waals surface area contributed by atoms with Crippen LogP contribution in [0.4, 0.5) is 53.2 Å². The number of hydrogen-bond acceptors (Lipinski definition) is 15. The maximum atomic E-state index is 14.8. The molecular formula is C60H62F3N15O3. The molecule has 0 bridgehead atoms. The SMILES string of the molecule is CN1CCN(c2ccc(Nc3cnc(-c4ccc(C(=O)Nc5ccc(CN6CCN(C7(C)CN(c8ccc(Nc9ccc(-c%10ccncc%10)c%10c9C(=O)NC%10)nc8)CCN7C)CC6)c(C(F)(F)F)c5)cc4)c4c3C(=O)NC4)nc2)CC1. The van der Waals surface area contributed by atoms with Crippen LogP contribution in [0, 0.1) is 0 Å². The average molecular weight is 1100 g/mol. The zero-order valence-electron chi connectivity index (χ0n) is 45.3. The first-order chi connectivity index (χ1) is 39.1. The molecule has 416 valence electrons. The molecule has 3 saturated heterocycles. The van der Waals surface area contributed by atoms with Gasteiger partial charge in [0, 0.05) is 126 Å². The van der Waals surface area contributed by atoms with E-state index in [1.807, 2.05) is 60.9 Å². The number of hydrogen-bond donors (Lipinski definition) is 5. The van der Waals surface area contributed by atoms with Crippen molar-refractivity contribution < 1.29 is 27.6 Å². The highest BCUT2D eigenvalue weighted by atomic mass is 19.4. The lowest BCUT2D eigenvalue weighted by molar-refractivity contribution is -0.138. The second kappa shape index (κ2) is 21.9. The van der Waals surface area contributed by atoms with Gasteiger partial charge in [0.05, 0.1) is 69.4 Å². The van der Waals surface area contributed by atoms with Crippen LogP contribution in [0.15, 0.2) is 122 Å². The lowest BCUT2D eigenvalue weighted by Gasteiger charge is -2.55. The number of carbonyl (C=O) groups is 3. The second-order valence-corrected chi connectivity index (χ2v) is 21.6. The van der Waals surface area contributed by atoms with Crippen molar-refractivity contribution in [3.63, 3.8) is 0 Å². The van der Waals surface area contributed by atoms with Gasteiger partial charge in [-0.05, 0) is 110 Å². The molecule has 18 nitrogen and oxygen atoms in total. The third kappa shape index (κ3) is 10.8. The Morgan fingerprint density at radius 3 is 1.96 bits per heavy atom. The first kappa shape index (κ1) is 53.2. The number of fused-ring (bicyclic) bond motifs is 2. The van der Waals surface area contributed by atoms with E-state index in [4.69, 9.17) is 9.97 Å². The van der Waals surface area contributed by atoms with Crippen LogP contribution in [-0.4, -0.2) is 149 Å². The fraction of sp³-hybridized carbons (Fsp3) is 0.317. The fourth-order valence-electron chi connectivity index (χ4n) is 11.8. The molecule has 0 saturated carbocycles. The number of piperazine rings is 3. The summed E-state index contributed by atoms with van der Waals surface area (Å²) >= 11 is 0. The number of halogens is 3. The summed E-state index contributed by atoms with van der Waals surface area (Å²) in [5.41, 5.74) is 8.36. The van der Waals surface area contributed by atoms with Gasteiger partial charge in [0.1, 0.15) is 11.6 Å². The average Bonchev–Trinajstić information content (AvgIpc) is 4.09. The van der Waals surface area contributed by atoms with Crippen molar-refractivity contribution in [2.24, 2.45) is 0 Å². The topological polar surface area (TPSA) is 182 Å². The number of anilines is 7. The van der Waals surface area contributed by atoms with E-state index in [1.165, 1.54) is 12.1 Å². The smallest absolute Gasteiger partial charge is 0.368 e. The van der Waals surface area contributed by atoms with Crippen molar-refractivity contribution in [3.8, 4) is 22.4 Å². The Kier molecular flexibility index (Phi) is 14.3. The molecule has 3 aromatic carbocycles. The lowest BCUT2D eigenvalue weighted by atomic mass is 9.96. The van der Waals surface area contributed by atoms with E-state index in [0.717, 1.165) is 73.4 Å². The quantitative estimate of drug-likeness (QED) is 0.0752. The first-order valence-corrected chi connectivity index (χ1v) is 27.2. The van der Waals surface area contributed by atoms with E-state index in [0.29, 0.717) is 90.2 Å². The Hall–Kier alpha value is -8.50. The van der Waals surface area contributed by atoms with E-state index in [2.05, 4.69) is 87.0 Å². The summed E-state index contributed by atoms with van der Waals surface area (Å²) in [4.78, 5) is 71.7. The Labute approximate surface area is 467 Å². The van der Waals surface area contributed by atoms with Crippen LogP contribution in [0.5, 0.6) is 0 Å². The van der Waals surface area contributed by atoms with Crippen molar-refractivity contribution in [2.75, 3.05) is 112 Å². The Balaban J connectivity index is 0.658. The van der Waals surface area contributed by atoms with Crippen LogP contribution < -0.4 is 36.4 Å². The Morgan fingerprint density at radius 2 is 1.30 bits per heavy atom. The van der Waals surface area contributed by atoms with Crippen molar-refractivity contribution in [2.45, 2.75) is 38.4 Å². The number of nitrogens with one attached hydrogen (secondary N) is 5. The largest absolute Gasteiger partial charge is 0.416 e. The number of pyridine rings is 4. The molecule has 81 heavy (non-hydrogen) atoms. The number of amides is 3. The normalized spacial score (nSPS) is 19.0. The minimum atomic E-state index is -4.66. The zero-order chi connectivity index (χ0) is 56.0. The van der Waals surface area contributed by atoms with E-state index < -0.39 is 17.6 Å². The summed E-state index contributed by atoms with van der Waals surface area (Å²) in [5.74, 6) is 0.252. The summed E-state index contributed by atoms with van der Waals surface area (Å²) < 4.78 is 44.4. The molecule has 1 unspecified atom stereocenters. The molecule has 9 heterocycles. The van der Waals surface area contributed by atoms with Gasteiger partial charge in [-0.1, -0.05) is 24.3 Å². The van der Waals surface area contributed by atoms with Gasteiger partial charge in [0.2, 0.25) is 0 Å². The number of nitrogens with zero attached hydrogens (tertiary/aromatic N) is 10. The molecule has 5 N–H and O–H groups in total. The highest BCUT2D eigenvalue weighted by Gasteiger charge is 2.43. The minimum absolute atomic E-state index is 0.0313. The summed E-state index contributed by atoms with van der Waals surface area (Å²) in [7, 11) is 4.23. The summed E-state index contributed by atoms with van der Waals surface area (Å²) in [6.07, 6.45) is 4.10. The van der Waals surface area contributed by atoms with Crippen LogP contribution in [0.3, 0.4) is 0 Å². The molecule has 12 rings (SSSR count). The molecule has 5 aliphatic heterocycles. The van der Waals surface area contributed by atoms with Crippen LogP contribution in [0.25, 0.3) is 22.4 Å². The highest BCUT2D eigenvalue weighted by molar-refractivity contribution is 6.07. The van der Waals surface area contributed by atoms with Gasteiger partial charge in [0.25, 0.3) is 17.7 Å². The van der Waals surface area contributed by atoms with Gasteiger partial charge in [0.15, 0.2) is 0 Å². The fourth-order valence-corrected chi connectivity index (χ4v) is 11.8. The monoisotopic (exact) mass is 1100 g/mol. The lowest BCUT2D eigenvalue weighted by Crippen LogP contribution is -2.70. The third-order valence-electron chi connectivity index (χ3n) is 16.6. The van der Waals surface area contributed by atoms with Crippen LogP contribution in [-0.2, 0) is 25.8 Å². The molecular weight excluding hydrogens is 1040 g/mol. The molecule has 0 spiro atoms. The number of benzene rings is 3. The van der Waals surface area contributed by atoms with E-state index in [1.54, 1.807) is 42.9 Å². The summed E-state index contributed by atoms with van der Waals surface area (Å²) in [6.45, 7) is 11.5. The summed E-state index contributed by atoms with van der Waals surface area (Å²) in [6, 6.07) is 26.3. The van der Waals surface area contributed by atoms with Gasteiger partial charge in [-0.2, -0.15) is 13.2 Å². The molecule has 0 radical (unpaired) electrons. The zero-order valence-corrected chi connectivity index (χ0v) is 45.3. The van der Waals surface area contributed by atoms with Gasteiger partial charge in [-0.15, -0.1) is 0 Å². The molecule has 21 heteroatoms. The molecule has 3 fully saturated rings. The molecule has 3 amide bonds. The Morgan fingerprint density at radius 1 is 0.654 bits per heavy atom. The molecule has 7 aromatic rings. The number of rotatable bonds is 13. The third-order valence-corrected chi connectivity index (χ3v) is 16.6. The highest BCUT2D eigenvalue weighted by Crippen LogP contribution is 2.39. The van der Waals surface area contributed by atoms with E-state index in [-0.39, 0.29) is 47.4 Å². The van der Waals surface area contributed by atoms with Crippen LogP contribution in [0.1, 0.15) is 60.3 Å². The standard InChI is InChI=1S/C60H62F3N15O3/c1-59(37-77(27-22-74(59)3)44-11-15-51(66-32-44)71-49-13-12-45(38-16-18-64-19-17-38)46-33-68-57(80)53(46)49)78-28-23-75(24-29-78)36-41-8-9-42(30-48(41)60(61,62)63)70-56(79)40-6-4-39(5-7-40)55-47-34-69-58(81)54(47)50(35-67-55)72-52-14-10-43(31-65-52)76-25-20-73(2)21-26-76/h4-19,30-32,35H,20-29,33-34,36-37H2,1-3H3,(H,65,72)(H,66,71)(H,68,80)(H,69,81)(H,70,79). The number of aromatic nitrogens is 4. The van der Waals surface area contributed by atoms with E-state index >= 15 is 0 Å². The van der Waals surface area contributed by atoms with Gasteiger partial charge in [-0.3, -0.25) is 39.1 Å².